The van der Waals surface area contributed by atoms with Gasteiger partial charge in [-0.2, -0.15) is 0 Å². The van der Waals surface area contributed by atoms with Crippen LogP contribution in [-0.4, -0.2) is 35.0 Å². The maximum atomic E-state index is 13.4. The highest BCUT2D eigenvalue weighted by Crippen LogP contribution is 2.37. The van der Waals surface area contributed by atoms with Gasteiger partial charge in [0, 0.05) is 17.0 Å². The van der Waals surface area contributed by atoms with Gasteiger partial charge in [0.2, 0.25) is 11.8 Å². The lowest BCUT2D eigenvalue weighted by Gasteiger charge is -2.16. The number of hydrogen-bond acceptors (Lipinski definition) is 7. The minimum absolute atomic E-state index is 0.0966. The van der Waals surface area contributed by atoms with Crippen molar-refractivity contribution >= 4 is 61.9 Å². The van der Waals surface area contributed by atoms with Crippen LogP contribution in [0.25, 0.3) is 10.2 Å². The van der Waals surface area contributed by atoms with Crippen LogP contribution in [0.5, 0.6) is 5.75 Å². The third kappa shape index (κ3) is 6.61. The molecule has 0 saturated carbocycles. The number of hydrogen-bond donors (Lipinski definition) is 3. The number of carboxylic acid groups (broad SMARTS) is 1. The summed E-state index contributed by atoms with van der Waals surface area (Å²) in [5.74, 6) is -0.868. The molecule has 3 aromatic carbocycles. The Morgan fingerprint density at radius 3 is 2.44 bits per heavy atom. The van der Waals surface area contributed by atoms with Gasteiger partial charge in [-0.25, -0.2) is 4.98 Å². The molecule has 184 valence electrons. The van der Waals surface area contributed by atoms with Gasteiger partial charge >= 0.3 is 5.97 Å². The van der Waals surface area contributed by atoms with E-state index in [1.165, 1.54) is 23.1 Å². The van der Waals surface area contributed by atoms with Crippen LogP contribution >= 0.6 is 23.1 Å². The van der Waals surface area contributed by atoms with Crippen molar-refractivity contribution in [3.05, 3.63) is 78.4 Å². The van der Waals surface area contributed by atoms with Gasteiger partial charge in [0.15, 0.2) is 5.13 Å². The zero-order valence-corrected chi connectivity index (χ0v) is 20.9. The average Bonchev–Trinajstić information content (AvgIpc) is 3.28. The fraction of sp³-hybridized carbons (Fsp3) is 0.154. The van der Waals surface area contributed by atoms with Crippen LogP contribution < -0.4 is 15.4 Å². The standard InChI is InChI=1S/C26H23N3O5S2/c1-34-18-9-12-20-21(15-18)36-26(28-20)29-25(33)24(16-5-3-2-4-6-16)35-19-10-7-17(8-11-19)27-22(30)13-14-23(31)32/h2-12,15,24H,13-14H2,1H3,(H,27,30)(H,31,32)(H,28,29,33). The van der Waals surface area contributed by atoms with Gasteiger partial charge in [-0.3, -0.25) is 14.4 Å². The molecule has 0 fully saturated rings. The molecule has 0 aliphatic carbocycles. The number of thioether (sulfide) groups is 1. The molecule has 8 nitrogen and oxygen atoms in total. The molecule has 0 radical (unpaired) electrons. The zero-order valence-electron chi connectivity index (χ0n) is 19.3. The molecule has 0 aliphatic rings. The summed E-state index contributed by atoms with van der Waals surface area (Å²) < 4.78 is 6.18. The Kier molecular flexibility index (Phi) is 8.19. The number of nitrogens with one attached hydrogen (secondary N) is 2. The van der Waals surface area contributed by atoms with Crippen molar-refractivity contribution in [1.29, 1.82) is 0 Å². The highest BCUT2D eigenvalue weighted by Gasteiger charge is 2.23. The maximum absolute atomic E-state index is 13.4. The molecule has 0 spiro atoms. The van der Waals surface area contributed by atoms with Gasteiger partial charge in [-0.1, -0.05) is 41.7 Å². The van der Waals surface area contributed by atoms with E-state index in [2.05, 4.69) is 15.6 Å². The molecule has 0 aliphatic heterocycles. The molecule has 1 unspecified atom stereocenters. The Morgan fingerprint density at radius 2 is 1.75 bits per heavy atom. The minimum Gasteiger partial charge on any atom is -0.497 e. The number of thiazole rings is 1. The van der Waals surface area contributed by atoms with Crippen molar-refractivity contribution in [3.8, 4) is 5.75 Å². The Morgan fingerprint density at radius 1 is 1.00 bits per heavy atom. The quantitative estimate of drug-likeness (QED) is 0.233. The zero-order chi connectivity index (χ0) is 25.5. The Balaban J connectivity index is 1.48. The Labute approximate surface area is 215 Å². The van der Waals surface area contributed by atoms with Gasteiger partial charge in [0.1, 0.15) is 11.0 Å². The number of fused-ring (bicyclic) bond motifs is 1. The molecule has 3 N–H and O–H groups in total. The highest BCUT2D eigenvalue weighted by atomic mass is 32.2. The molecule has 1 atom stereocenters. The van der Waals surface area contributed by atoms with E-state index < -0.39 is 11.2 Å². The van der Waals surface area contributed by atoms with Crippen LogP contribution in [0.3, 0.4) is 0 Å². The SMILES string of the molecule is COc1ccc2nc(NC(=O)C(Sc3ccc(NC(=O)CCC(=O)O)cc3)c3ccccc3)sc2c1. The summed E-state index contributed by atoms with van der Waals surface area (Å²) in [6.07, 6.45) is -0.323. The van der Waals surface area contributed by atoms with E-state index in [-0.39, 0.29) is 24.7 Å². The van der Waals surface area contributed by atoms with Crippen molar-refractivity contribution in [1.82, 2.24) is 4.98 Å². The number of amides is 2. The van der Waals surface area contributed by atoms with E-state index in [0.717, 1.165) is 26.4 Å². The van der Waals surface area contributed by atoms with E-state index in [4.69, 9.17) is 9.84 Å². The number of carbonyl (C=O) groups excluding carboxylic acids is 2. The van der Waals surface area contributed by atoms with Crippen molar-refractivity contribution in [3.63, 3.8) is 0 Å². The molecule has 2 amide bonds. The summed E-state index contributed by atoms with van der Waals surface area (Å²) in [6, 6.07) is 22.1. The fourth-order valence-corrected chi connectivity index (χ4v) is 5.28. The van der Waals surface area contributed by atoms with Gasteiger partial charge < -0.3 is 20.5 Å². The van der Waals surface area contributed by atoms with Crippen LogP contribution in [0.15, 0.2) is 77.7 Å². The third-order valence-corrected chi connectivity index (χ3v) is 7.32. The lowest BCUT2D eigenvalue weighted by molar-refractivity contribution is -0.138. The van der Waals surface area contributed by atoms with Gasteiger partial charge in [-0.05, 0) is 48.0 Å². The monoisotopic (exact) mass is 521 g/mol. The number of aliphatic carboxylic acids is 1. The number of benzene rings is 3. The van der Waals surface area contributed by atoms with Crippen molar-refractivity contribution < 1.29 is 24.2 Å². The molecular weight excluding hydrogens is 498 g/mol. The molecule has 4 rings (SSSR count). The first-order chi connectivity index (χ1) is 17.4. The van der Waals surface area contributed by atoms with E-state index in [9.17, 15) is 14.4 Å². The lowest BCUT2D eigenvalue weighted by atomic mass is 10.1. The molecule has 4 aromatic rings. The predicted molar refractivity (Wildman–Crippen MR) is 142 cm³/mol. The average molecular weight is 522 g/mol. The van der Waals surface area contributed by atoms with Crippen LogP contribution in [0, 0.1) is 0 Å². The number of anilines is 2. The number of carboxylic acids is 1. The number of nitrogens with zero attached hydrogens (tertiary/aromatic N) is 1. The smallest absolute Gasteiger partial charge is 0.303 e. The number of carbonyl (C=O) groups is 3. The van der Waals surface area contributed by atoms with E-state index in [1.54, 1.807) is 19.2 Å². The second-order valence-corrected chi connectivity index (χ2v) is 9.93. The van der Waals surface area contributed by atoms with Crippen molar-refractivity contribution in [2.24, 2.45) is 0 Å². The number of ether oxygens (including phenoxy) is 1. The summed E-state index contributed by atoms with van der Waals surface area (Å²) in [4.78, 5) is 41.2. The van der Waals surface area contributed by atoms with Crippen LogP contribution in [0.1, 0.15) is 23.7 Å². The summed E-state index contributed by atoms with van der Waals surface area (Å²) in [7, 11) is 1.60. The summed E-state index contributed by atoms with van der Waals surface area (Å²) in [6.45, 7) is 0. The largest absolute Gasteiger partial charge is 0.497 e. The molecular formula is C26H23N3O5S2. The number of rotatable bonds is 10. The number of methoxy groups -OCH3 is 1. The highest BCUT2D eigenvalue weighted by molar-refractivity contribution is 8.00. The van der Waals surface area contributed by atoms with Crippen LogP contribution in [0.4, 0.5) is 10.8 Å². The molecule has 0 bridgehead atoms. The maximum Gasteiger partial charge on any atom is 0.303 e. The van der Waals surface area contributed by atoms with Crippen molar-refractivity contribution in [2.45, 2.75) is 23.0 Å². The summed E-state index contributed by atoms with van der Waals surface area (Å²) in [5.41, 5.74) is 2.18. The summed E-state index contributed by atoms with van der Waals surface area (Å²) >= 11 is 2.76. The molecule has 10 heteroatoms. The first-order valence-corrected chi connectivity index (χ1v) is 12.7. The predicted octanol–water partition coefficient (Wildman–Crippen LogP) is 5.58. The first-order valence-electron chi connectivity index (χ1n) is 11.0. The van der Waals surface area contributed by atoms with E-state index in [0.29, 0.717) is 10.8 Å². The minimum atomic E-state index is -1.02. The van der Waals surface area contributed by atoms with Gasteiger partial charge in [0.05, 0.1) is 23.7 Å². The van der Waals surface area contributed by atoms with E-state index >= 15 is 0 Å². The Bertz CT molecular complexity index is 1370. The van der Waals surface area contributed by atoms with Gasteiger partial charge in [-0.15, -0.1) is 11.8 Å². The molecule has 1 heterocycles. The molecule has 0 saturated heterocycles. The lowest BCUT2D eigenvalue weighted by Crippen LogP contribution is -2.18. The Hall–Kier alpha value is -3.89. The van der Waals surface area contributed by atoms with Gasteiger partial charge in [0.25, 0.3) is 0 Å². The van der Waals surface area contributed by atoms with Crippen LogP contribution in [-0.2, 0) is 14.4 Å². The first kappa shape index (κ1) is 25.2. The second kappa shape index (κ2) is 11.7. The molecule has 36 heavy (non-hydrogen) atoms. The van der Waals surface area contributed by atoms with Crippen LogP contribution in [0.2, 0.25) is 0 Å². The number of aromatic nitrogens is 1. The van der Waals surface area contributed by atoms with E-state index in [1.807, 2.05) is 60.7 Å². The van der Waals surface area contributed by atoms with Crippen molar-refractivity contribution in [2.75, 3.05) is 17.7 Å². The fourth-order valence-electron chi connectivity index (χ4n) is 3.35. The molecule has 1 aromatic heterocycles. The second-order valence-electron chi connectivity index (χ2n) is 7.72. The summed E-state index contributed by atoms with van der Waals surface area (Å²) in [5, 5.41) is 14.3. The third-order valence-electron chi connectivity index (χ3n) is 5.12. The normalized spacial score (nSPS) is 11.6. The topological polar surface area (TPSA) is 118 Å².